The maximum Gasteiger partial charge on any atom is 0.279 e. The van der Waals surface area contributed by atoms with Crippen LogP contribution in [0.3, 0.4) is 0 Å². The maximum atomic E-state index is 12.2. The van der Waals surface area contributed by atoms with Gasteiger partial charge in [-0.3, -0.25) is 9.78 Å². The average Bonchev–Trinajstić information content (AvgIpc) is 3.06. The van der Waals surface area contributed by atoms with E-state index in [-0.39, 0.29) is 17.2 Å². The van der Waals surface area contributed by atoms with Crippen molar-refractivity contribution in [2.45, 2.75) is 0 Å². The number of rotatable bonds is 4. The van der Waals surface area contributed by atoms with Gasteiger partial charge in [-0.2, -0.15) is 5.10 Å². The van der Waals surface area contributed by atoms with Crippen molar-refractivity contribution >= 4 is 23.1 Å². The van der Waals surface area contributed by atoms with Crippen molar-refractivity contribution in [2.75, 3.05) is 5.43 Å². The molecular weight excluding hydrogens is 316 g/mol. The van der Waals surface area contributed by atoms with E-state index in [4.69, 9.17) is 0 Å². The van der Waals surface area contributed by atoms with Gasteiger partial charge < -0.3 is 4.98 Å². The third-order valence-electron chi connectivity index (χ3n) is 3.74. The van der Waals surface area contributed by atoms with Gasteiger partial charge in [0.25, 0.3) is 5.56 Å². The molecule has 0 aliphatic heterocycles. The molecule has 0 atom stereocenters. The van der Waals surface area contributed by atoms with Gasteiger partial charge >= 0.3 is 0 Å². The second kappa shape index (κ2) is 6.40. The minimum absolute atomic E-state index is 0.181. The normalized spacial score (nSPS) is 11.2. The summed E-state index contributed by atoms with van der Waals surface area (Å²) in [5.74, 6) is 0.181. The van der Waals surface area contributed by atoms with E-state index in [1.165, 1.54) is 0 Å². The molecule has 0 amide bonds. The molecule has 0 aliphatic carbocycles. The Morgan fingerprint density at radius 1 is 1.00 bits per heavy atom. The molecule has 122 valence electrons. The zero-order valence-corrected chi connectivity index (χ0v) is 13.1. The predicted octanol–water partition coefficient (Wildman–Crippen LogP) is 2.76. The van der Waals surface area contributed by atoms with Gasteiger partial charge in [0.05, 0.1) is 6.21 Å². The third kappa shape index (κ3) is 3.02. The first-order chi connectivity index (χ1) is 12.3. The summed E-state index contributed by atoms with van der Waals surface area (Å²) in [7, 11) is 0. The van der Waals surface area contributed by atoms with Crippen LogP contribution in [0.4, 0.5) is 5.95 Å². The molecule has 0 saturated heterocycles. The van der Waals surface area contributed by atoms with Crippen molar-refractivity contribution in [3.05, 3.63) is 76.7 Å². The summed E-state index contributed by atoms with van der Waals surface area (Å²) in [6, 6.07) is 17.1. The summed E-state index contributed by atoms with van der Waals surface area (Å²) < 4.78 is 0. The number of para-hydroxylation sites is 1. The molecule has 7 heteroatoms. The molecule has 25 heavy (non-hydrogen) atoms. The fraction of sp³-hybridized carbons (Fsp3) is 0. The van der Waals surface area contributed by atoms with Crippen molar-refractivity contribution < 1.29 is 0 Å². The van der Waals surface area contributed by atoms with E-state index in [2.05, 4.69) is 30.7 Å². The molecule has 4 aromatic rings. The zero-order valence-electron chi connectivity index (χ0n) is 13.1. The topological polar surface area (TPSA) is 98.8 Å². The minimum Gasteiger partial charge on any atom is -0.361 e. The van der Waals surface area contributed by atoms with Gasteiger partial charge in [-0.1, -0.05) is 48.5 Å². The lowest BCUT2D eigenvalue weighted by molar-refractivity contribution is 0.947. The monoisotopic (exact) mass is 330 g/mol. The number of nitrogens with zero attached hydrogens (tertiary/aromatic N) is 3. The maximum absolute atomic E-state index is 12.2. The Labute approximate surface area is 142 Å². The third-order valence-corrected chi connectivity index (χ3v) is 3.74. The van der Waals surface area contributed by atoms with E-state index < -0.39 is 0 Å². The van der Waals surface area contributed by atoms with E-state index in [9.17, 15) is 4.79 Å². The summed E-state index contributed by atoms with van der Waals surface area (Å²) in [4.78, 5) is 17.9. The molecule has 4 rings (SSSR count). The number of hydrogen-bond donors (Lipinski definition) is 3. The van der Waals surface area contributed by atoms with Gasteiger partial charge in [0, 0.05) is 28.2 Å². The number of hydrazone groups is 1. The Balaban J connectivity index is 1.54. The summed E-state index contributed by atoms with van der Waals surface area (Å²) in [5, 5.41) is 13.1. The highest BCUT2D eigenvalue weighted by atomic mass is 16.1. The summed E-state index contributed by atoms with van der Waals surface area (Å²) in [5.41, 5.74) is 5.31. The lowest BCUT2D eigenvalue weighted by atomic mass is 10.2. The molecule has 0 unspecified atom stereocenters. The lowest BCUT2D eigenvalue weighted by Gasteiger charge is -2.01. The Kier molecular flexibility index (Phi) is 3.80. The van der Waals surface area contributed by atoms with Crippen molar-refractivity contribution in [1.82, 2.24) is 20.2 Å². The number of hydrogen-bond acceptors (Lipinski definition) is 5. The lowest BCUT2D eigenvalue weighted by Crippen LogP contribution is -2.15. The Bertz CT molecular complexity index is 1100. The number of benzene rings is 2. The molecule has 7 nitrogen and oxygen atoms in total. The molecule has 3 N–H and O–H groups in total. The molecule has 2 heterocycles. The van der Waals surface area contributed by atoms with Crippen molar-refractivity contribution in [2.24, 2.45) is 5.10 Å². The van der Waals surface area contributed by atoms with Crippen LogP contribution >= 0.6 is 0 Å². The quantitative estimate of drug-likeness (QED) is 0.396. The van der Waals surface area contributed by atoms with Crippen molar-refractivity contribution in [3.8, 4) is 11.3 Å². The van der Waals surface area contributed by atoms with Crippen LogP contribution in [0.25, 0.3) is 22.2 Å². The van der Waals surface area contributed by atoms with Gasteiger partial charge in [-0.25, -0.2) is 5.43 Å². The largest absolute Gasteiger partial charge is 0.361 e. The zero-order chi connectivity index (χ0) is 17.1. The predicted molar refractivity (Wildman–Crippen MR) is 97.6 cm³/mol. The van der Waals surface area contributed by atoms with Crippen LogP contribution in [0.15, 0.2) is 70.7 Å². The number of fused-ring (bicyclic) bond motifs is 1. The van der Waals surface area contributed by atoms with Gasteiger partial charge in [-0.05, 0) is 6.07 Å². The van der Waals surface area contributed by atoms with Crippen LogP contribution in [-0.2, 0) is 0 Å². The SMILES string of the molecule is O=c1[nH]c(N/N=C/c2c[nH]c3ccccc23)nnc1-c1ccccc1. The summed E-state index contributed by atoms with van der Waals surface area (Å²) >= 11 is 0. The van der Waals surface area contributed by atoms with Crippen LogP contribution in [0.1, 0.15) is 5.56 Å². The number of aromatic nitrogens is 4. The molecule has 2 aromatic carbocycles. The minimum atomic E-state index is -0.328. The fourth-order valence-corrected chi connectivity index (χ4v) is 2.54. The van der Waals surface area contributed by atoms with Crippen LogP contribution < -0.4 is 11.0 Å². The smallest absolute Gasteiger partial charge is 0.279 e. The number of anilines is 1. The van der Waals surface area contributed by atoms with E-state index >= 15 is 0 Å². The first kappa shape index (κ1) is 14.8. The van der Waals surface area contributed by atoms with Crippen LogP contribution in [0, 0.1) is 0 Å². The van der Waals surface area contributed by atoms with Crippen LogP contribution in [0.5, 0.6) is 0 Å². The Morgan fingerprint density at radius 3 is 2.64 bits per heavy atom. The van der Waals surface area contributed by atoms with E-state index in [1.807, 2.05) is 60.8 Å². The van der Waals surface area contributed by atoms with Crippen molar-refractivity contribution in [3.63, 3.8) is 0 Å². The molecule has 0 saturated carbocycles. The van der Waals surface area contributed by atoms with Crippen LogP contribution in [-0.4, -0.2) is 26.4 Å². The van der Waals surface area contributed by atoms with E-state index in [0.717, 1.165) is 16.5 Å². The molecule has 2 aromatic heterocycles. The van der Waals surface area contributed by atoms with Gasteiger partial charge in [-0.15, -0.1) is 10.2 Å². The Morgan fingerprint density at radius 2 is 1.80 bits per heavy atom. The van der Waals surface area contributed by atoms with E-state index in [1.54, 1.807) is 6.21 Å². The second-order valence-electron chi connectivity index (χ2n) is 5.38. The highest BCUT2D eigenvalue weighted by Gasteiger charge is 2.06. The standard InChI is InChI=1S/C18H14N6O/c25-17-16(12-6-2-1-3-7-12)22-24-18(21-17)23-20-11-13-10-19-15-9-5-4-8-14(13)15/h1-11,19H,(H2,21,23,24,25)/b20-11+. The molecule has 0 fully saturated rings. The van der Waals surface area contributed by atoms with Crippen molar-refractivity contribution in [1.29, 1.82) is 0 Å². The highest BCUT2D eigenvalue weighted by Crippen LogP contribution is 2.15. The average molecular weight is 330 g/mol. The van der Waals surface area contributed by atoms with Gasteiger partial charge in [0.1, 0.15) is 0 Å². The Hall–Kier alpha value is -3.74. The molecule has 0 radical (unpaired) electrons. The number of aromatic amines is 2. The molecule has 0 spiro atoms. The number of H-pyrrole nitrogens is 2. The molecule has 0 aliphatic rings. The van der Waals surface area contributed by atoms with Crippen LogP contribution in [0.2, 0.25) is 0 Å². The highest BCUT2D eigenvalue weighted by molar-refractivity contribution is 5.99. The first-order valence-electron chi connectivity index (χ1n) is 7.69. The summed E-state index contributed by atoms with van der Waals surface area (Å²) in [6.45, 7) is 0. The molecule has 0 bridgehead atoms. The first-order valence-corrected chi connectivity index (χ1v) is 7.69. The summed E-state index contributed by atoms with van der Waals surface area (Å²) in [6.07, 6.45) is 3.52. The van der Waals surface area contributed by atoms with E-state index in [0.29, 0.717) is 5.56 Å². The number of nitrogens with one attached hydrogen (secondary N) is 3. The van der Waals surface area contributed by atoms with Gasteiger partial charge in [0.2, 0.25) is 5.95 Å². The molecular formula is C18H14N6O. The fourth-order valence-electron chi connectivity index (χ4n) is 2.54. The van der Waals surface area contributed by atoms with Gasteiger partial charge in [0.15, 0.2) is 5.69 Å². The second-order valence-corrected chi connectivity index (χ2v) is 5.38.